The number of sulfonamides is 1. The molecule has 1 N–H and O–H groups in total. The first-order chi connectivity index (χ1) is 15.7. The summed E-state index contributed by atoms with van der Waals surface area (Å²) in [4.78, 5) is 29.2. The first-order valence-corrected chi connectivity index (χ1v) is 12.9. The number of Topliss-reactive ketones (excluding diaryl/α,β-unsaturated/α-hetero) is 1. The fourth-order valence-corrected chi connectivity index (χ4v) is 6.23. The summed E-state index contributed by atoms with van der Waals surface area (Å²) in [5.41, 5.74) is -0.146. The minimum Gasteiger partial charge on any atom is -0.343 e. The highest BCUT2D eigenvalue weighted by molar-refractivity contribution is 7.89. The second kappa shape index (κ2) is 9.34. The second-order valence-corrected chi connectivity index (χ2v) is 11.0. The van der Waals surface area contributed by atoms with Crippen LogP contribution in [-0.2, 0) is 20.4 Å². The van der Waals surface area contributed by atoms with Gasteiger partial charge in [0, 0.05) is 31.5 Å². The highest BCUT2D eigenvalue weighted by atomic mass is 32.2. The summed E-state index contributed by atoms with van der Waals surface area (Å²) in [6.45, 7) is 3.71. The summed E-state index contributed by atoms with van der Waals surface area (Å²) < 4.78 is 32.6. The molecule has 0 radical (unpaired) electrons. The summed E-state index contributed by atoms with van der Waals surface area (Å²) >= 11 is 0. The Morgan fingerprint density at radius 1 is 1.09 bits per heavy atom. The van der Waals surface area contributed by atoms with Gasteiger partial charge in [-0.25, -0.2) is 8.42 Å². The molecule has 10 heteroatoms. The van der Waals surface area contributed by atoms with Gasteiger partial charge in [-0.05, 0) is 44.7 Å². The average molecular weight is 475 g/mol. The molecule has 1 aromatic carbocycles. The number of rotatable bonds is 6. The predicted octanol–water partition coefficient (Wildman–Crippen LogP) is 2.96. The summed E-state index contributed by atoms with van der Waals surface area (Å²) in [6, 6.07) is 5.98. The molecule has 2 fully saturated rings. The molecule has 1 amide bonds. The third-order valence-corrected chi connectivity index (χ3v) is 8.66. The number of hydrogen-bond donors (Lipinski definition) is 1. The van der Waals surface area contributed by atoms with E-state index >= 15 is 0 Å². The molecule has 0 bridgehead atoms. The maximum atomic E-state index is 13.2. The van der Waals surface area contributed by atoms with Crippen molar-refractivity contribution in [3.05, 3.63) is 41.5 Å². The zero-order valence-corrected chi connectivity index (χ0v) is 19.9. The fourth-order valence-electron chi connectivity index (χ4n) is 4.76. The second-order valence-electron chi connectivity index (χ2n) is 9.03. The van der Waals surface area contributed by atoms with E-state index in [9.17, 15) is 18.0 Å². The number of hydrogen-bond acceptors (Lipinski definition) is 7. The van der Waals surface area contributed by atoms with Crippen LogP contribution < -0.4 is 5.32 Å². The summed E-state index contributed by atoms with van der Waals surface area (Å²) in [5, 5.41) is 7.31. The standard InChI is InChI=1S/C23H30N4O5S/c1-16(28)18-6-8-20(9-7-18)33(30,31)27-14-10-19(11-15-27)21(29)25-23(12-4-3-5-13-23)22-24-17(2)32-26-22/h6-9,19H,3-5,10-15H2,1-2H3,(H,25,29). The van der Waals surface area contributed by atoms with E-state index in [1.165, 1.54) is 35.5 Å². The molecule has 1 aromatic heterocycles. The van der Waals surface area contributed by atoms with E-state index in [-0.39, 0.29) is 35.6 Å². The molecule has 1 aliphatic heterocycles. The smallest absolute Gasteiger partial charge is 0.243 e. The minimum absolute atomic E-state index is 0.0813. The van der Waals surface area contributed by atoms with E-state index in [0.717, 1.165) is 32.1 Å². The zero-order valence-electron chi connectivity index (χ0n) is 19.0. The van der Waals surface area contributed by atoms with Crippen molar-refractivity contribution in [2.24, 2.45) is 5.92 Å². The molecule has 1 saturated heterocycles. The molecule has 4 rings (SSSR count). The van der Waals surface area contributed by atoms with Crippen LogP contribution in [0.5, 0.6) is 0 Å². The number of carbonyl (C=O) groups excluding carboxylic acids is 2. The lowest BCUT2D eigenvalue weighted by Crippen LogP contribution is -2.51. The molecular formula is C23H30N4O5S. The largest absolute Gasteiger partial charge is 0.343 e. The Bertz CT molecular complexity index is 1110. The van der Waals surface area contributed by atoms with Crippen LogP contribution in [0.15, 0.2) is 33.7 Å². The average Bonchev–Trinajstić information content (AvgIpc) is 3.27. The van der Waals surface area contributed by atoms with Crippen LogP contribution in [0.25, 0.3) is 0 Å². The van der Waals surface area contributed by atoms with Gasteiger partial charge in [-0.15, -0.1) is 0 Å². The number of piperidine rings is 1. The van der Waals surface area contributed by atoms with E-state index in [1.54, 1.807) is 6.92 Å². The Kier molecular flexibility index (Phi) is 6.67. The van der Waals surface area contributed by atoms with E-state index in [4.69, 9.17) is 4.52 Å². The van der Waals surface area contributed by atoms with Crippen molar-refractivity contribution in [3.63, 3.8) is 0 Å². The molecule has 33 heavy (non-hydrogen) atoms. The summed E-state index contributed by atoms with van der Waals surface area (Å²) in [5.74, 6) is 0.532. The number of nitrogens with zero attached hydrogens (tertiary/aromatic N) is 3. The highest BCUT2D eigenvalue weighted by Crippen LogP contribution is 2.36. The molecular weight excluding hydrogens is 444 g/mol. The Labute approximate surface area is 194 Å². The van der Waals surface area contributed by atoms with E-state index in [2.05, 4.69) is 15.5 Å². The van der Waals surface area contributed by atoms with Crippen molar-refractivity contribution in [2.75, 3.05) is 13.1 Å². The van der Waals surface area contributed by atoms with Gasteiger partial charge in [-0.3, -0.25) is 9.59 Å². The molecule has 0 unspecified atom stereocenters. The van der Waals surface area contributed by atoms with Crippen LogP contribution in [0.3, 0.4) is 0 Å². The number of aryl methyl sites for hydroxylation is 1. The van der Waals surface area contributed by atoms with Crippen molar-refractivity contribution in [1.29, 1.82) is 0 Å². The monoisotopic (exact) mass is 474 g/mol. The lowest BCUT2D eigenvalue weighted by molar-refractivity contribution is -0.129. The van der Waals surface area contributed by atoms with Crippen molar-refractivity contribution >= 4 is 21.7 Å². The first-order valence-electron chi connectivity index (χ1n) is 11.5. The molecule has 0 atom stereocenters. The van der Waals surface area contributed by atoms with E-state index in [1.807, 2.05) is 0 Å². The molecule has 2 aliphatic rings. The molecule has 0 spiro atoms. The van der Waals surface area contributed by atoms with Gasteiger partial charge in [0.2, 0.25) is 21.8 Å². The molecule has 1 aliphatic carbocycles. The van der Waals surface area contributed by atoms with Gasteiger partial charge in [0.15, 0.2) is 11.6 Å². The Balaban J connectivity index is 1.41. The van der Waals surface area contributed by atoms with Crippen LogP contribution in [0.2, 0.25) is 0 Å². The van der Waals surface area contributed by atoms with Crippen LogP contribution in [0.4, 0.5) is 0 Å². The van der Waals surface area contributed by atoms with E-state index < -0.39 is 15.6 Å². The van der Waals surface area contributed by atoms with Gasteiger partial charge in [0.25, 0.3) is 0 Å². The van der Waals surface area contributed by atoms with Gasteiger partial charge in [0.05, 0.1) is 4.90 Å². The first kappa shape index (κ1) is 23.6. The molecule has 1 saturated carbocycles. The number of benzene rings is 1. The van der Waals surface area contributed by atoms with Gasteiger partial charge < -0.3 is 9.84 Å². The third kappa shape index (κ3) is 4.86. The minimum atomic E-state index is -3.68. The Morgan fingerprint density at radius 2 is 1.73 bits per heavy atom. The highest BCUT2D eigenvalue weighted by Gasteiger charge is 2.42. The van der Waals surface area contributed by atoms with Crippen molar-refractivity contribution in [1.82, 2.24) is 19.8 Å². The zero-order chi connectivity index (χ0) is 23.6. The van der Waals surface area contributed by atoms with Crippen molar-refractivity contribution < 1.29 is 22.5 Å². The summed E-state index contributed by atoms with van der Waals surface area (Å²) in [6.07, 6.45) is 5.48. The number of nitrogens with one attached hydrogen (secondary N) is 1. The number of aromatic nitrogens is 2. The van der Waals surface area contributed by atoms with E-state index in [0.29, 0.717) is 30.1 Å². The Morgan fingerprint density at radius 3 is 2.27 bits per heavy atom. The third-order valence-electron chi connectivity index (χ3n) is 6.75. The van der Waals surface area contributed by atoms with Gasteiger partial charge in [-0.2, -0.15) is 9.29 Å². The number of amides is 1. The van der Waals surface area contributed by atoms with Crippen molar-refractivity contribution in [3.8, 4) is 0 Å². The Hall–Kier alpha value is -2.59. The van der Waals surface area contributed by atoms with Crippen LogP contribution in [0.1, 0.15) is 73.9 Å². The molecule has 2 heterocycles. The van der Waals surface area contributed by atoms with Crippen molar-refractivity contribution in [2.45, 2.75) is 69.2 Å². The SMILES string of the molecule is CC(=O)c1ccc(S(=O)(=O)N2CCC(C(=O)NC3(c4noc(C)n4)CCCCC3)CC2)cc1. The lowest BCUT2D eigenvalue weighted by Gasteiger charge is -2.38. The maximum absolute atomic E-state index is 13.2. The number of carbonyl (C=O) groups is 2. The van der Waals surface area contributed by atoms with Gasteiger partial charge >= 0.3 is 0 Å². The molecule has 2 aromatic rings. The quantitative estimate of drug-likeness (QED) is 0.639. The van der Waals surface area contributed by atoms with Gasteiger partial charge in [-0.1, -0.05) is 36.6 Å². The fraction of sp³-hybridized carbons (Fsp3) is 0.565. The van der Waals surface area contributed by atoms with Gasteiger partial charge in [0.1, 0.15) is 5.54 Å². The normalized spacial score (nSPS) is 19.8. The molecule has 178 valence electrons. The van der Waals surface area contributed by atoms with Crippen LogP contribution >= 0.6 is 0 Å². The maximum Gasteiger partial charge on any atom is 0.243 e. The lowest BCUT2D eigenvalue weighted by atomic mass is 9.80. The molecule has 9 nitrogen and oxygen atoms in total. The topological polar surface area (TPSA) is 122 Å². The number of ketones is 1. The summed E-state index contributed by atoms with van der Waals surface area (Å²) in [7, 11) is -3.68. The van der Waals surface area contributed by atoms with Crippen LogP contribution in [0, 0.1) is 12.8 Å². The predicted molar refractivity (Wildman–Crippen MR) is 120 cm³/mol. The van der Waals surface area contributed by atoms with Crippen LogP contribution in [-0.4, -0.2) is 47.6 Å².